The maximum Gasteiger partial charge on any atom is 0.253 e. The summed E-state index contributed by atoms with van der Waals surface area (Å²) in [5.41, 5.74) is 2.64. The number of ether oxygens (including phenoxy) is 1. The molecule has 0 N–H and O–H groups in total. The topological polar surface area (TPSA) is 32.8 Å². The van der Waals surface area contributed by atoms with Crippen molar-refractivity contribution < 1.29 is 13.9 Å². The predicted octanol–water partition coefficient (Wildman–Crippen LogP) is 3.34. The number of carbonyl (C=O) groups excluding carboxylic acids is 1. The molecule has 1 fully saturated rings. The van der Waals surface area contributed by atoms with E-state index in [0.717, 1.165) is 43.1 Å². The van der Waals surface area contributed by atoms with Crippen LogP contribution in [0.15, 0.2) is 54.1 Å². The zero-order chi connectivity index (χ0) is 17.9. The minimum absolute atomic E-state index is 0.0421. The molecule has 0 aliphatic carbocycles. The number of carbonyl (C=O) groups is 1. The summed E-state index contributed by atoms with van der Waals surface area (Å²) in [5.74, 6) is 0.632. The van der Waals surface area contributed by atoms with Crippen molar-refractivity contribution in [1.29, 1.82) is 0 Å². The van der Waals surface area contributed by atoms with E-state index >= 15 is 0 Å². The molecule has 2 aliphatic rings. The third-order valence-corrected chi connectivity index (χ3v) is 4.88. The molecule has 4 nitrogen and oxygen atoms in total. The van der Waals surface area contributed by atoms with Crippen LogP contribution < -0.4 is 9.64 Å². The summed E-state index contributed by atoms with van der Waals surface area (Å²) in [6, 6.07) is 14.3. The lowest BCUT2D eigenvalue weighted by molar-refractivity contribution is -0.127. The highest BCUT2D eigenvalue weighted by Gasteiger charge is 2.24. The van der Waals surface area contributed by atoms with Crippen LogP contribution in [0.4, 0.5) is 10.1 Å². The van der Waals surface area contributed by atoms with Crippen molar-refractivity contribution in [3.05, 3.63) is 65.5 Å². The largest absolute Gasteiger partial charge is 0.488 e. The highest BCUT2D eigenvalue weighted by atomic mass is 19.1. The van der Waals surface area contributed by atoms with E-state index < -0.39 is 0 Å². The molecule has 1 saturated heterocycles. The lowest BCUT2D eigenvalue weighted by Crippen LogP contribution is -2.37. The van der Waals surface area contributed by atoms with Gasteiger partial charge in [0.05, 0.1) is 5.57 Å². The summed E-state index contributed by atoms with van der Waals surface area (Å²) < 4.78 is 18.8. The van der Waals surface area contributed by atoms with Crippen LogP contribution in [0.5, 0.6) is 5.75 Å². The van der Waals surface area contributed by atoms with Crippen molar-refractivity contribution in [1.82, 2.24) is 4.90 Å². The van der Waals surface area contributed by atoms with Crippen molar-refractivity contribution in [3.63, 3.8) is 0 Å². The quantitative estimate of drug-likeness (QED) is 0.831. The highest BCUT2D eigenvalue weighted by Crippen LogP contribution is 2.27. The Hall–Kier alpha value is -2.82. The molecule has 2 heterocycles. The first-order chi connectivity index (χ1) is 12.7. The Bertz CT molecular complexity index is 832. The number of benzene rings is 2. The Morgan fingerprint density at radius 2 is 1.77 bits per heavy atom. The Morgan fingerprint density at radius 1 is 0.962 bits per heavy atom. The first-order valence-corrected chi connectivity index (χ1v) is 8.93. The van der Waals surface area contributed by atoms with Crippen LogP contribution in [0.3, 0.4) is 0 Å². The number of rotatable bonds is 2. The molecular weight excluding hydrogens is 331 g/mol. The van der Waals surface area contributed by atoms with Crippen LogP contribution in [0.2, 0.25) is 0 Å². The number of hydrogen-bond acceptors (Lipinski definition) is 3. The van der Waals surface area contributed by atoms with Crippen molar-refractivity contribution in [2.45, 2.75) is 6.42 Å². The maximum atomic E-state index is 13.1. The zero-order valence-electron chi connectivity index (χ0n) is 14.5. The van der Waals surface area contributed by atoms with E-state index in [2.05, 4.69) is 4.90 Å². The summed E-state index contributed by atoms with van der Waals surface area (Å²) in [6.45, 7) is 3.27. The van der Waals surface area contributed by atoms with E-state index in [1.807, 2.05) is 35.2 Å². The van der Waals surface area contributed by atoms with Gasteiger partial charge in [-0.2, -0.15) is 0 Å². The van der Waals surface area contributed by atoms with Gasteiger partial charge in [-0.25, -0.2) is 4.39 Å². The van der Waals surface area contributed by atoms with E-state index in [9.17, 15) is 9.18 Å². The summed E-state index contributed by atoms with van der Waals surface area (Å²) in [4.78, 5) is 17.0. The number of nitrogens with zero attached hydrogens (tertiary/aromatic N) is 2. The molecule has 5 heteroatoms. The Kier molecular flexibility index (Phi) is 4.61. The van der Waals surface area contributed by atoms with Gasteiger partial charge in [0.25, 0.3) is 5.91 Å². The van der Waals surface area contributed by atoms with E-state index in [4.69, 9.17) is 4.74 Å². The van der Waals surface area contributed by atoms with Crippen molar-refractivity contribution in [2.75, 3.05) is 37.7 Å². The summed E-state index contributed by atoms with van der Waals surface area (Å²) in [7, 11) is 0. The number of anilines is 1. The third-order valence-electron chi connectivity index (χ3n) is 4.88. The molecule has 0 radical (unpaired) electrons. The van der Waals surface area contributed by atoms with E-state index in [-0.39, 0.29) is 11.7 Å². The van der Waals surface area contributed by atoms with Crippen molar-refractivity contribution in [2.24, 2.45) is 0 Å². The lowest BCUT2D eigenvalue weighted by atomic mass is 10.1. The molecule has 134 valence electrons. The summed E-state index contributed by atoms with van der Waals surface area (Å²) in [5, 5.41) is 0. The Labute approximate surface area is 152 Å². The maximum absolute atomic E-state index is 13.1. The van der Waals surface area contributed by atoms with Gasteiger partial charge in [0.2, 0.25) is 0 Å². The molecule has 0 unspecified atom stereocenters. The number of para-hydroxylation sites is 1. The van der Waals surface area contributed by atoms with Crippen LogP contribution in [0.1, 0.15) is 12.0 Å². The second kappa shape index (κ2) is 7.20. The van der Waals surface area contributed by atoms with Crippen molar-refractivity contribution in [3.8, 4) is 5.75 Å². The zero-order valence-corrected chi connectivity index (χ0v) is 14.5. The predicted molar refractivity (Wildman–Crippen MR) is 99.7 cm³/mol. The molecule has 26 heavy (non-hydrogen) atoms. The number of fused-ring (bicyclic) bond motifs is 1. The fourth-order valence-corrected chi connectivity index (χ4v) is 3.47. The molecule has 2 aromatic carbocycles. The van der Waals surface area contributed by atoms with Gasteiger partial charge < -0.3 is 14.5 Å². The molecule has 2 aliphatic heterocycles. The molecule has 0 aromatic heterocycles. The first kappa shape index (κ1) is 16.6. The van der Waals surface area contributed by atoms with Gasteiger partial charge in [0, 0.05) is 37.4 Å². The fourth-order valence-electron chi connectivity index (χ4n) is 3.47. The molecule has 1 amide bonds. The molecule has 0 saturated carbocycles. The average Bonchev–Trinajstić information content (AvgIpc) is 2.94. The number of halogens is 1. The molecule has 0 bridgehead atoms. The third kappa shape index (κ3) is 3.43. The van der Waals surface area contributed by atoms with Gasteiger partial charge in [0.15, 0.2) is 0 Å². The molecule has 0 spiro atoms. The highest BCUT2D eigenvalue weighted by molar-refractivity contribution is 5.99. The average molecular weight is 352 g/mol. The lowest BCUT2D eigenvalue weighted by Gasteiger charge is -2.25. The molecule has 2 aromatic rings. The van der Waals surface area contributed by atoms with Gasteiger partial charge >= 0.3 is 0 Å². The van der Waals surface area contributed by atoms with Gasteiger partial charge in [-0.3, -0.25) is 4.79 Å². The summed E-state index contributed by atoms with van der Waals surface area (Å²) >= 11 is 0. The van der Waals surface area contributed by atoms with Gasteiger partial charge in [-0.05, 0) is 42.8 Å². The normalized spacial score (nSPS) is 17.0. The standard InChI is InChI=1S/C21H21FN2O2/c22-18-6-8-19(9-7-18)23-10-3-11-24(13-12-23)21(25)17-14-16-4-1-2-5-20(16)26-15-17/h1-2,4-9,14H,3,10-13,15H2. The van der Waals surface area contributed by atoms with Gasteiger partial charge in [-0.15, -0.1) is 0 Å². The second-order valence-electron chi connectivity index (χ2n) is 6.61. The molecule has 0 atom stereocenters. The van der Waals surface area contributed by atoms with E-state index in [0.29, 0.717) is 18.7 Å². The Balaban J connectivity index is 1.45. The monoisotopic (exact) mass is 352 g/mol. The van der Waals surface area contributed by atoms with E-state index in [1.54, 1.807) is 12.1 Å². The molecule has 4 rings (SSSR count). The number of hydrogen-bond donors (Lipinski definition) is 0. The molecular formula is C21H21FN2O2. The van der Waals surface area contributed by atoms with Crippen LogP contribution in [0.25, 0.3) is 6.08 Å². The fraction of sp³-hybridized carbons (Fsp3) is 0.286. The van der Waals surface area contributed by atoms with E-state index in [1.165, 1.54) is 12.1 Å². The first-order valence-electron chi connectivity index (χ1n) is 8.93. The van der Waals surface area contributed by atoms with Crippen LogP contribution in [-0.2, 0) is 4.79 Å². The van der Waals surface area contributed by atoms with Crippen molar-refractivity contribution >= 4 is 17.7 Å². The van der Waals surface area contributed by atoms with Crippen LogP contribution >= 0.6 is 0 Å². The Morgan fingerprint density at radius 3 is 2.62 bits per heavy atom. The van der Waals surface area contributed by atoms with Crippen LogP contribution in [-0.4, -0.2) is 43.6 Å². The summed E-state index contributed by atoms with van der Waals surface area (Å²) in [6.07, 6.45) is 2.82. The van der Waals surface area contributed by atoms with Gasteiger partial charge in [-0.1, -0.05) is 18.2 Å². The van der Waals surface area contributed by atoms with Gasteiger partial charge in [0.1, 0.15) is 18.2 Å². The number of amides is 1. The second-order valence-corrected chi connectivity index (χ2v) is 6.61. The minimum Gasteiger partial charge on any atom is -0.488 e. The van der Waals surface area contributed by atoms with Crippen LogP contribution in [0, 0.1) is 5.82 Å². The SMILES string of the molecule is O=C(C1=Cc2ccccc2OC1)N1CCCN(c2ccc(F)cc2)CC1. The minimum atomic E-state index is -0.232. The smallest absolute Gasteiger partial charge is 0.253 e.